The van der Waals surface area contributed by atoms with Gasteiger partial charge in [-0.25, -0.2) is 22.0 Å². The van der Waals surface area contributed by atoms with Crippen LogP contribution in [-0.4, -0.2) is 60.4 Å². The van der Waals surface area contributed by atoms with Gasteiger partial charge in [0, 0.05) is 0 Å². The standard InChI is InChI=1S/C16H23F8NO/c1-10(25-8-4-2-3-5-9-25)14(18,19)11-6-7-12(26-11)15(20,21)13(17)16(22,23)24/h10-13H,2-9H2,1H3. The molecular weight excluding hydrogens is 374 g/mol. The summed E-state index contributed by atoms with van der Waals surface area (Å²) in [6, 6.07) is -1.30. The molecule has 2 rings (SSSR count). The van der Waals surface area contributed by atoms with E-state index >= 15 is 0 Å². The van der Waals surface area contributed by atoms with E-state index in [-0.39, 0.29) is 0 Å². The molecule has 4 atom stereocenters. The van der Waals surface area contributed by atoms with Gasteiger partial charge in [0.2, 0.25) is 0 Å². The van der Waals surface area contributed by atoms with E-state index in [1.807, 2.05) is 0 Å². The van der Waals surface area contributed by atoms with E-state index < -0.39 is 55.3 Å². The first-order chi connectivity index (χ1) is 11.9. The molecule has 0 N–H and O–H groups in total. The van der Waals surface area contributed by atoms with Gasteiger partial charge >= 0.3 is 12.1 Å². The van der Waals surface area contributed by atoms with Crippen LogP contribution in [0.3, 0.4) is 0 Å². The second-order valence-corrected chi connectivity index (χ2v) is 7.07. The molecule has 0 aromatic rings. The molecule has 0 aromatic heterocycles. The van der Waals surface area contributed by atoms with Crippen molar-refractivity contribution in [3.63, 3.8) is 0 Å². The van der Waals surface area contributed by atoms with Gasteiger partial charge in [-0.15, -0.1) is 0 Å². The Morgan fingerprint density at radius 3 is 1.73 bits per heavy atom. The van der Waals surface area contributed by atoms with E-state index in [0.717, 1.165) is 25.7 Å². The Morgan fingerprint density at radius 2 is 1.27 bits per heavy atom. The van der Waals surface area contributed by atoms with E-state index in [4.69, 9.17) is 0 Å². The fraction of sp³-hybridized carbons (Fsp3) is 1.00. The minimum atomic E-state index is -5.78. The molecule has 2 heterocycles. The minimum absolute atomic E-state index is 0.434. The second-order valence-electron chi connectivity index (χ2n) is 7.07. The molecule has 2 saturated heterocycles. The Hall–Kier alpha value is -0.640. The van der Waals surface area contributed by atoms with Gasteiger partial charge in [-0.05, 0) is 45.7 Å². The summed E-state index contributed by atoms with van der Waals surface area (Å²) < 4.78 is 111. The highest BCUT2D eigenvalue weighted by molar-refractivity contribution is 4.99. The summed E-state index contributed by atoms with van der Waals surface area (Å²) in [5, 5.41) is 0. The molecule has 2 aliphatic heterocycles. The monoisotopic (exact) mass is 397 g/mol. The van der Waals surface area contributed by atoms with Gasteiger partial charge in [0.05, 0.1) is 6.04 Å². The van der Waals surface area contributed by atoms with Crippen molar-refractivity contribution in [2.45, 2.75) is 87.9 Å². The zero-order valence-corrected chi connectivity index (χ0v) is 14.3. The van der Waals surface area contributed by atoms with E-state index in [1.54, 1.807) is 4.90 Å². The number of rotatable bonds is 5. The summed E-state index contributed by atoms with van der Waals surface area (Å²) in [5.74, 6) is -8.44. The second kappa shape index (κ2) is 7.77. The molecule has 0 aliphatic carbocycles. The Kier molecular flexibility index (Phi) is 6.47. The molecule has 0 spiro atoms. The van der Waals surface area contributed by atoms with Crippen LogP contribution >= 0.6 is 0 Å². The number of nitrogens with zero attached hydrogens (tertiary/aromatic N) is 1. The lowest BCUT2D eigenvalue weighted by Gasteiger charge is -2.37. The van der Waals surface area contributed by atoms with Crippen LogP contribution in [0, 0.1) is 0 Å². The molecular formula is C16H23F8NO. The predicted octanol–water partition coefficient (Wildman–Crippen LogP) is 4.97. The van der Waals surface area contributed by atoms with Gasteiger partial charge in [0.1, 0.15) is 12.2 Å². The van der Waals surface area contributed by atoms with Crippen molar-refractivity contribution in [2.75, 3.05) is 13.1 Å². The number of alkyl halides is 8. The molecule has 2 aliphatic rings. The summed E-state index contributed by atoms with van der Waals surface area (Å²) in [6.45, 7) is 2.13. The van der Waals surface area contributed by atoms with Crippen LogP contribution in [0.4, 0.5) is 35.1 Å². The van der Waals surface area contributed by atoms with Crippen LogP contribution in [0.25, 0.3) is 0 Å². The molecule has 0 bridgehead atoms. The van der Waals surface area contributed by atoms with Crippen LogP contribution in [0.15, 0.2) is 0 Å². The molecule has 154 valence electrons. The molecule has 0 amide bonds. The summed E-state index contributed by atoms with van der Waals surface area (Å²) in [5.41, 5.74) is 0. The summed E-state index contributed by atoms with van der Waals surface area (Å²) in [7, 11) is 0. The van der Waals surface area contributed by atoms with Crippen molar-refractivity contribution in [1.82, 2.24) is 4.90 Å². The van der Waals surface area contributed by atoms with E-state index in [9.17, 15) is 35.1 Å². The normalized spacial score (nSPS) is 29.4. The highest BCUT2D eigenvalue weighted by Crippen LogP contribution is 2.45. The van der Waals surface area contributed by atoms with Gasteiger partial charge in [0.25, 0.3) is 12.1 Å². The topological polar surface area (TPSA) is 12.5 Å². The summed E-state index contributed by atoms with van der Waals surface area (Å²) in [6.07, 6.45) is -12.7. The third kappa shape index (κ3) is 4.43. The smallest absolute Gasteiger partial charge is 0.362 e. The average Bonchev–Trinajstić information content (AvgIpc) is 2.91. The van der Waals surface area contributed by atoms with E-state index in [2.05, 4.69) is 4.74 Å². The van der Waals surface area contributed by atoms with Crippen molar-refractivity contribution in [2.24, 2.45) is 0 Å². The lowest BCUT2D eigenvalue weighted by molar-refractivity contribution is -0.278. The zero-order valence-electron chi connectivity index (χ0n) is 14.3. The third-order valence-electron chi connectivity index (χ3n) is 5.25. The van der Waals surface area contributed by atoms with Crippen LogP contribution < -0.4 is 0 Å². The number of halogens is 8. The van der Waals surface area contributed by atoms with Crippen LogP contribution in [0.5, 0.6) is 0 Å². The lowest BCUT2D eigenvalue weighted by atomic mass is 9.99. The molecule has 2 nitrogen and oxygen atoms in total. The minimum Gasteiger partial charge on any atom is -0.362 e. The first-order valence-corrected chi connectivity index (χ1v) is 8.74. The van der Waals surface area contributed by atoms with Crippen LogP contribution in [0.1, 0.15) is 45.4 Å². The quantitative estimate of drug-likeness (QED) is 0.608. The fourth-order valence-corrected chi connectivity index (χ4v) is 3.58. The molecule has 0 radical (unpaired) electrons. The molecule has 0 saturated carbocycles. The molecule has 2 fully saturated rings. The van der Waals surface area contributed by atoms with Crippen molar-refractivity contribution >= 4 is 0 Å². The van der Waals surface area contributed by atoms with Gasteiger partial charge in [-0.2, -0.15) is 13.2 Å². The summed E-state index contributed by atoms with van der Waals surface area (Å²) >= 11 is 0. The van der Waals surface area contributed by atoms with Gasteiger partial charge in [-0.1, -0.05) is 12.8 Å². The Balaban J connectivity index is 2.05. The van der Waals surface area contributed by atoms with Gasteiger partial charge < -0.3 is 4.74 Å². The SMILES string of the molecule is CC(N1CCCCCC1)C(F)(F)C1CCC(C(F)(F)C(F)C(F)(F)F)O1. The van der Waals surface area contributed by atoms with Crippen molar-refractivity contribution < 1.29 is 39.9 Å². The summed E-state index contributed by atoms with van der Waals surface area (Å²) in [4.78, 5) is 1.55. The molecule has 26 heavy (non-hydrogen) atoms. The maximum absolute atomic E-state index is 14.7. The lowest BCUT2D eigenvalue weighted by Crippen LogP contribution is -2.54. The van der Waals surface area contributed by atoms with Crippen molar-refractivity contribution in [3.05, 3.63) is 0 Å². The largest absolute Gasteiger partial charge is 0.425 e. The maximum Gasteiger partial charge on any atom is 0.425 e. The Labute approximate surface area is 146 Å². The molecule has 4 unspecified atom stereocenters. The molecule has 10 heteroatoms. The third-order valence-corrected chi connectivity index (χ3v) is 5.25. The van der Waals surface area contributed by atoms with E-state index in [0.29, 0.717) is 13.1 Å². The highest BCUT2D eigenvalue weighted by atomic mass is 19.4. The fourth-order valence-electron chi connectivity index (χ4n) is 3.58. The average molecular weight is 397 g/mol. The number of hydrogen-bond acceptors (Lipinski definition) is 2. The number of ether oxygens (including phenoxy) is 1. The van der Waals surface area contributed by atoms with Crippen LogP contribution in [-0.2, 0) is 4.74 Å². The Bertz CT molecular complexity index is 462. The maximum atomic E-state index is 14.7. The Morgan fingerprint density at radius 1 is 0.808 bits per heavy atom. The van der Waals surface area contributed by atoms with Gasteiger partial charge in [-0.3, -0.25) is 4.90 Å². The van der Waals surface area contributed by atoms with Crippen molar-refractivity contribution in [1.29, 1.82) is 0 Å². The first-order valence-electron chi connectivity index (χ1n) is 8.74. The van der Waals surface area contributed by atoms with Gasteiger partial charge in [0.15, 0.2) is 0 Å². The van der Waals surface area contributed by atoms with Crippen molar-refractivity contribution in [3.8, 4) is 0 Å². The van der Waals surface area contributed by atoms with Crippen LogP contribution in [0.2, 0.25) is 0 Å². The number of likely N-dealkylation sites (tertiary alicyclic amines) is 1. The highest BCUT2D eigenvalue weighted by Gasteiger charge is 2.64. The predicted molar refractivity (Wildman–Crippen MR) is 78.2 cm³/mol. The first kappa shape index (κ1) is 21.7. The zero-order chi connectivity index (χ0) is 19.8. The number of hydrogen-bond donors (Lipinski definition) is 0. The molecule has 0 aromatic carbocycles. The van der Waals surface area contributed by atoms with E-state index in [1.165, 1.54) is 6.92 Å².